The Morgan fingerprint density at radius 3 is 2.61 bits per heavy atom. The molecule has 18 heavy (non-hydrogen) atoms. The molecule has 1 aromatic carbocycles. The number of benzene rings is 1. The minimum Gasteiger partial charge on any atom is -0.404 e. The molecule has 8 nitrogen and oxygen atoms in total. The molecule has 0 unspecified atom stereocenters. The number of hydrogen-bond donors (Lipinski definition) is 3. The summed E-state index contributed by atoms with van der Waals surface area (Å²) in [6, 6.07) is 3.93. The molecule has 0 amide bonds. The Labute approximate surface area is 105 Å². The molecule has 0 spiro atoms. The average Bonchev–Trinajstić information content (AvgIpc) is 2.57. The van der Waals surface area contributed by atoms with Gasteiger partial charge in [0.05, 0.1) is 10.2 Å². The maximum atomic E-state index is 11.1. The molecule has 0 radical (unpaired) electrons. The number of aromatic nitrogens is 1. The number of thiazole rings is 1. The van der Waals surface area contributed by atoms with Crippen LogP contribution in [0.5, 0.6) is 5.75 Å². The Balaban J connectivity index is 2.50. The van der Waals surface area contributed by atoms with Gasteiger partial charge in [0.1, 0.15) is 5.75 Å². The van der Waals surface area contributed by atoms with Gasteiger partial charge in [-0.25, -0.2) is 23.1 Å². The Bertz CT molecular complexity index is 748. The molecule has 2 rings (SSSR count). The number of nitrogens with two attached hydrogens (primary N) is 1. The number of nitrogens with zero attached hydrogens (tertiary/aromatic N) is 1. The molecule has 0 saturated heterocycles. The summed E-state index contributed by atoms with van der Waals surface area (Å²) in [5, 5.41) is 4.92. The fourth-order valence-electron chi connectivity index (χ4n) is 1.20. The molecular formula is C7H7N2O6PS2. The van der Waals surface area contributed by atoms with Crippen molar-refractivity contribution in [3.63, 3.8) is 0 Å². The van der Waals surface area contributed by atoms with Crippen molar-refractivity contribution in [3.05, 3.63) is 18.2 Å². The van der Waals surface area contributed by atoms with E-state index in [1.54, 1.807) is 0 Å². The number of rotatable bonds is 3. The van der Waals surface area contributed by atoms with E-state index in [0.29, 0.717) is 10.2 Å². The number of sulfonamides is 1. The van der Waals surface area contributed by atoms with E-state index in [0.717, 1.165) is 11.3 Å². The van der Waals surface area contributed by atoms with Crippen molar-refractivity contribution in [3.8, 4) is 5.75 Å². The second-order valence-corrected chi connectivity index (χ2v) is 7.17. The zero-order valence-corrected chi connectivity index (χ0v) is 11.1. The van der Waals surface area contributed by atoms with Crippen LogP contribution in [0.2, 0.25) is 0 Å². The van der Waals surface area contributed by atoms with Crippen LogP contribution in [0.4, 0.5) is 0 Å². The van der Waals surface area contributed by atoms with Gasteiger partial charge in [0.25, 0.3) is 10.0 Å². The lowest BCUT2D eigenvalue weighted by Gasteiger charge is -2.05. The third-order valence-corrected chi connectivity index (χ3v) is 4.59. The minimum absolute atomic E-state index is 0.0829. The molecule has 4 N–H and O–H groups in total. The van der Waals surface area contributed by atoms with E-state index >= 15 is 0 Å². The summed E-state index contributed by atoms with van der Waals surface area (Å²) in [6.07, 6.45) is 0. The molecule has 0 aliphatic heterocycles. The highest BCUT2D eigenvalue weighted by molar-refractivity contribution is 7.91. The van der Waals surface area contributed by atoms with Crippen molar-refractivity contribution in [2.24, 2.45) is 5.14 Å². The first-order valence-electron chi connectivity index (χ1n) is 4.34. The Morgan fingerprint density at radius 2 is 2.06 bits per heavy atom. The summed E-state index contributed by atoms with van der Waals surface area (Å²) in [4.78, 5) is 21.1. The largest absolute Gasteiger partial charge is 0.524 e. The zero-order valence-electron chi connectivity index (χ0n) is 8.55. The quantitative estimate of drug-likeness (QED) is 0.697. The van der Waals surface area contributed by atoms with Gasteiger partial charge in [0, 0.05) is 6.07 Å². The SMILES string of the molecule is NS(=O)(=O)c1nc2ccc(OP(=O)(O)O)cc2s1. The number of phosphoric ester groups is 1. The summed E-state index contributed by atoms with van der Waals surface area (Å²) in [5.74, 6) is -0.0829. The predicted octanol–water partition coefficient (Wildman–Crippen LogP) is 0.415. The monoisotopic (exact) mass is 310 g/mol. The highest BCUT2D eigenvalue weighted by atomic mass is 32.2. The van der Waals surface area contributed by atoms with E-state index in [1.807, 2.05) is 0 Å². The van der Waals surface area contributed by atoms with Crippen LogP contribution < -0.4 is 9.66 Å². The Hall–Kier alpha value is -1.03. The first-order valence-corrected chi connectivity index (χ1v) is 8.23. The van der Waals surface area contributed by atoms with Gasteiger partial charge in [0.15, 0.2) is 0 Å². The lowest BCUT2D eigenvalue weighted by atomic mass is 10.3. The lowest BCUT2D eigenvalue weighted by Crippen LogP contribution is -2.11. The van der Waals surface area contributed by atoms with Crippen LogP contribution in [0.15, 0.2) is 22.5 Å². The highest BCUT2D eigenvalue weighted by Gasteiger charge is 2.18. The van der Waals surface area contributed by atoms with Gasteiger partial charge >= 0.3 is 7.82 Å². The highest BCUT2D eigenvalue weighted by Crippen LogP contribution is 2.39. The molecule has 0 aliphatic carbocycles. The number of phosphoric acid groups is 1. The molecule has 98 valence electrons. The minimum atomic E-state index is -4.65. The van der Waals surface area contributed by atoms with E-state index in [1.165, 1.54) is 18.2 Å². The lowest BCUT2D eigenvalue weighted by molar-refractivity contribution is 0.283. The van der Waals surface area contributed by atoms with Crippen molar-refractivity contribution in [1.82, 2.24) is 4.98 Å². The molecule has 0 bridgehead atoms. The predicted molar refractivity (Wildman–Crippen MR) is 63.7 cm³/mol. The Morgan fingerprint density at radius 1 is 1.39 bits per heavy atom. The van der Waals surface area contributed by atoms with Crippen LogP contribution >= 0.6 is 19.2 Å². The molecule has 0 atom stereocenters. The summed E-state index contributed by atoms with van der Waals surface area (Å²) in [7, 11) is -8.55. The summed E-state index contributed by atoms with van der Waals surface area (Å²) >= 11 is 0.787. The van der Waals surface area contributed by atoms with E-state index in [9.17, 15) is 13.0 Å². The molecule has 0 fully saturated rings. The number of hydrogen-bond acceptors (Lipinski definition) is 6. The second-order valence-electron chi connectivity index (χ2n) is 3.24. The second kappa shape index (κ2) is 4.26. The van der Waals surface area contributed by atoms with Crippen LogP contribution in [0.3, 0.4) is 0 Å². The van der Waals surface area contributed by atoms with E-state index in [2.05, 4.69) is 9.51 Å². The summed E-state index contributed by atoms with van der Waals surface area (Å²) in [6.45, 7) is 0. The van der Waals surface area contributed by atoms with Crippen LogP contribution in [0.25, 0.3) is 10.2 Å². The van der Waals surface area contributed by atoms with Gasteiger partial charge in [-0.05, 0) is 12.1 Å². The molecule has 0 aliphatic rings. The first-order chi connectivity index (χ1) is 8.15. The molecule has 11 heteroatoms. The standard InChI is InChI=1S/C7H7N2O6PS2/c8-18(13,14)7-9-5-2-1-4(3-6(5)17-7)15-16(10,11)12/h1-3H,(H2,8,13,14)(H2,10,11,12). The first kappa shape index (κ1) is 13.4. The van der Waals surface area contributed by atoms with E-state index < -0.39 is 17.8 Å². The van der Waals surface area contributed by atoms with Crippen molar-refractivity contribution in [2.45, 2.75) is 4.34 Å². The van der Waals surface area contributed by atoms with Crippen molar-refractivity contribution in [1.29, 1.82) is 0 Å². The van der Waals surface area contributed by atoms with Gasteiger partial charge in [-0.15, -0.1) is 11.3 Å². The number of primary sulfonamides is 1. The van der Waals surface area contributed by atoms with Gasteiger partial charge in [-0.2, -0.15) is 0 Å². The van der Waals surface area contributed by atoms with Gasteiger partial charge in [-0.3, -0.25) is 9.79 Å². The van der Waals surface area contributed by atoms with Crippen molar-refractivity contribution >= 4 is 39.4 Å². The molecule has 2 aromatic rings. The molecular weight excluding hydrogens is 303 g/mol. The van der Waals surface area contributed by atoms with Crippen LogP contribution in [0.1, 0.15) is 0 Å². The van der Waals surface area contributed by atoms with Crippen LogP contribution in [-0.2, 0) is 14.6 Å². The zero-order chi connectivity index (χ0) is 13.6. The third kappa shape index (κ3) is 3.05. The van der Waals surface area contributed by atoms with Crippen molar-refractivity contribution in [2.75, 3.05) is 0 Å². The molecule has 1 heterocycles. The van der Waals surface area contributed by atoms with Crippen LogP contribution in [-0.4, -0.2) is 23.2 Å². The Kier molecular flexibility index (Phi) is 3.18. The van der Waals surface area contributed by atoms with Gasteiger partial charge in [-0.1, -0.05) is 0 Å². The topological polar surface area (TPSA) is 140 Å². The smallest absolute Gasteiger partial charge is 0.404 e. The summed E-state index contributed by atoms with van der Waals surface area (Å²) in [5.41, 5.74) is 0.349. The maximum Gasteiger partial charge on any atom is 0.524 e. The average molecular weight is 310 g/mol. The van der Waals surface area contributed by atoms with E-state index in [4.69, 9.17) is 14.9 Å². The normalized spacial score (nSPS) is 12.8. The van der Waals surface area contributed by atoms with Gasteiger partial charge < -0.3 is 4.52 Å². The molecule has 1 aromatic heterocycles. The van der Waals surface area contributed by atoms with Crippen LogP contribution in [0, 0.1) is 0 Å². The fraction of sp³-hybridized carbons (Fsp3) is 0. The fourth-order valence-corrected chi connectivity index (χ4v) is 3.27. The maximum absolute atomic E-state index is 11.1. The van der Waals surface area contributed by atoms with Gasteiger partial charge in [0.2, 0.25) is 4.34 Å². The number of fused-ring (bicyclic) bond motifs is 1. The summed E-state index contributed by atoms with van der Waals surface area (Å²) < 4.78 is 37.3. The van der Waals surface area contributed by atoms with E-state index in [-0.39, 0.29) is 10.1 Å². The van der Waals surface area contributed by atoms with Crippen molar-refractivity contribution < 1.29 is 27.3 Å². The molecule has 0 saturated carbocycles. The third-order valence-electron chi connectivity index (χ3n) is 1.81.